The van der Waals surface area contributed by atoms with Crippen molar-refractivity contribution >= 4 is 23.5 Å². The number of hydrogen-bond acceptors (Lipinski definition) is 4. The van der Waals surface area contributed by atoms with Gasteiger partial charge in [-0.2, -0.15) is 0 Å². The molecule has 0 fully saturated rings. The van der Waals surface area contributed by atoms with E-state index in [0.717, 1.165) is 38.5 Å². The van der Waals surface area contributed by atoms with Crippen molar-refractivity contribution in [2.45, 2.75) is 103 Å². The van der Waals surface area contributed by atoms with Crippen molar-refractivity contribution in [3.8, 4) is 5.75 Å². The van der Waals surface area contributed by atoms with Crippen molar-refractivity contribution in [3.05, 3.63) is 24.3 Å². The molecule has 33 heavy (non-hydrogen) atoms. The van der Waals surface area contributed by atoms with Crippen molar-refractivity contribution in [2.75, 3.05) is 11.9 Å². The first kappa shape index (κ1) is 28.5. The first-order valence-corrected chi connectivity index (χ1v) is 12.4. The van der Waals surface area contributed by atoms with Gasteiger partial charge in [0.2, 0.25) is 5.91 Å². The summed E-state index contributed by atoms with van der Waals surface area (Å²) in [4.78, 5) is 33.3. The molecule has 0 radical (unpaired) electrons. The van der Waals surface area contributed by atoms with Gasteiger partial charge in [0.25, 0.3) is 0 Å². The number of unbranched alkanes of at least 4 members (excludes halogenated alkanes) is 12. The summed E-state index contributed by atoms with van der Waals surface area (Å²) >= 11 is 0. The Morgan fingerprint density at radius 2 is 1.09 bits per heavy atom. The van der Waals surface area contributed by atoms with Gasteiger partial charge in [-0.15, -0.1) is 0 Å². The zero-order chi connectivity index (χ0) is 24.2. The van der Waals surface area contributed by atoms with E-state index < -0.39 is 11.9 Å². The number of aliphatic carboxylic acids is 2. The molecular weight excluding hydrogens is 422 g/mol. The maximum atomic E-state index is 12.2. The largest absolute Gasteiger partial charge is 0.491 e. The van der Waals surface area contributed by atoms with Crippen LogP contribution < -0.4 is 10.1 Å². The number of amides is 1. The van der Waals surface area contributed by atoms with E-state index in [4.69, 9.17) is 14.9 Å². The van der Waals surface area contributed by atoms with E-state index in [1.807, 2.05) is 6.07 Å². The molecule has 0 aromatic heterocycles. The summed E-state index contributed by atoms with van der Waals surface area (Å²) in [6.45, 7) is 0.0663. The Morgan fingerprint density at radius 1 is 0.636 bits per heavy atom. The van der Waals surface area contributed by atoms with Gasteiger partial charge in [-0.05, 0) is 25.0 Å². The van der Waals surface area contributed by atoms with Crippen LogP contribution in [0.15, 0.2) is 24.3 Å². The van der Waals surface area contributed by atoms with Crippen LogP contribution in [0.2, 0.25) is 0 Å². The summed E-state index contributed by atoms with van der Waals surface area (Å²) in [6.07, 6.45) is 15.4. The second-order valence-corrected chi connectivity index (χ2v) is 8.53. The molecule has 0 aliphatic carbocycles. The van der Waals surface area contributed by atoms with Crippen LogP contribution in [-0.2, 0) is 14.4 Å². The highest BCUT2D eigenvalue weighted by Crippen LogP contribution is 2.24. The number of carbonyl (C=O) groups is 3. The second-order valence-electron chi connectivity index (χ2n) is 8.53. The van der Waals surface area contributed by atoms with Gasteiger partial charge in [0.15, 0.2) is 0 Å². The number of carbonyl (C=O) groups excluding carboxylic acids is 1. The fourth-order valence-electron chi connectivity index (χ4n) is 3.66. The molecular formula is C26H41NO6. The van der Waals surface area contributed by atoms with Crippen LogP contribution in [0.25, 0.3) is 0 Å². The normalized spacial score (nSPS) is 10.7. The topological polar surface area (TPSA) is 113 Å². The van der Waals surface area contributed by atoms with Gasteiger partial charge in [0.05, 0.1) is 18.7 Å². The minimum Gasteiger partial charge on any atom is -0.491 e. The van der Waals surface area contributed by atoms with Crippen LogP contribution in [0.4, 0.5) is 5.69 Å². The van der Waals surface area contributed by atoms with Gasteiger partial charge in [-0.3, -0.25) is 14.4 Å². The third kappa shape index (κ3) is 16.7. The third-order valence-electron chi connectivity index (χ3n) is 5.53. The van der Waals surface area contributed by atoms with E-state index in [-0.39, 0.29) is 18.9 Å². The first-order valence-electron chi connectivity index (χ1n) is 12.4. The predicted molar refractivity (Wildman–Crippen MR) is 130 cm³/mol. The Hall–Kier alpha value is -2.57. The molecule has 0 aliphatic rings. The highest BCUT2D eigenvalue weighted by molar-refractivity contribution is 5.92. The summed E-state index contributed by atoms with van der Waals surface area (Å²) in [5, 5.41) is 20.2. The van der Waals surface area contributed by atoms with Crippen molar-refractivity contribution in [1.82, 2.24) is 0 Å². The maximum absolute atomic E-state index is 12.2. The number of benzene rings is 1. The molecule has 1 aromatic carbocycles. The van der Waals surface area contributed by atoms with Crippen LogP contribution in [0.5, 0.6) is 5.75 Å². The summed E-state index contributed by atoms with van der Waals surface area (Å²) in [5.41, 5.74) is 0.577. The minimum atomic E-state index is -0.918. The lowest BCUT2D eigenvalue weighted by Gasteiger charge is -2.12. The highest BCUT2D eigenvalue weighted by Gasteiger charge is 2.08. The maximum Gasteiger partial charge on any atom is 0.306 e. The quantitative estimate of drug-likeness (QED) is 0.181. The first-order chi connectivity index (χ1) is 16.0. The van der Waals surface area contributed by atoms with E-state index in [9.17, 15) is 14.4 Å². The average Bonchev–Trinajstić information content (AvgIpc) is 2.77. The van der Waals surface area contributed by atoms with Crippen LogP contribution in [0, 0.1) is 0 Å². The smallest absolute Gasteiger partial charge is 0.306 e. The number of ether oxygens (including phenoxy) is 1. The molecule has 0 heterocycles. The molecule has 0 atom stereocenters. The fraction of sp³-hybridized carbons (Fsp3) is 0.654. The molecule has 3 N–H and O–H groups in total. The van der Waals surface area contributed by atoms with Crippen molar-refractivity contribution in [1.29, 1.82) is 0 Å². The molecule has 0 spiro atoms. The Kier molecular flexibility index (Phi) is 16.3. The summed E-state index contributed by atoms with van der Waals surface area (Å²) in [6, 6.07) is 7.08. The number of para-hydroxylation sites is 2. The second kappa shape index (κ2) is 18.9. The Balaban J connectivity index is 1.97. The number of nitrogens with one attached hydrogen (secondary N) is 1. The molecule has 1 rings (SSSR count). The molecule has 7 nitrogen and oxygen atoms in total. The highest BCUT2D eigenvalue weighted by atomic mass is 16.5. The zero-order valence-corrected chi connectivity index (χ0v) is 19.9. The lowest BCUT2D eigenvalue weighted by molar-refractivity contribution is -0.138. The number of carboxylic acid groups (broad SMARTS) is 2. The van der Waals surface area contributed by atoms with E-state index in [0.29, 0.717) is 24.3 Å². The van der Waals surface area contributed by atoms with Gasteiger partial charge in [-0.1, -0.05) is 82.8 Å². The Bertz CT molecular complexity index is 691. The molecule has 0 saturated heterocycles. The van der Waals surface area contributed by atoms with E-state index in [2.05, 4.69) is 5.32 Å². The standard InChI is InChI=1S/C26H41NO6/c28-24(27-22-16-14-15-17-23(22)33-21-20-26(31)32)18-12-10-8-6-4-2-1-3-5-7-9-11-13-19-25(29)30/h14-17H,1-13,18-21H2,(H,27,28)(H,29,30)(H,31,32). The molecule has 186 valence electrons. The van der Waals surface area contributed by atoms with Crippen LogP contribution in [0.1, 0.15) is 103 Å². The van der Waals surface area contributed by atoms with Gasteiger partial charge in [0.1, 0.15) is 5.75 Å². The van der Waals surface area contributed by atoms with Crippen molar-refractivity contribution in [3.63, 3.8) is 0 Å². The van der Waals surface area contributed by atoms with E-state index in [1.54, 1.807) is 18.2 Å². The van der Waals surface area contributed by atoms with E-state index >= 15 is 0 Å². The summed E-state index contributed by atoms with van der Waals surface area (Å²) < 4.78 is 5.47. The Morgan fingerprint density at radius 3 is 1.61 bits per heavy atom. The van der Waals surface area contributed by atoms with Gasteiger partial charge >= 0.3 is 11.9 Å². The number of anilines is 1. The van der Waals surface area contributed by atoms with Crippen molar-refractivity contribution < 1.29 is 29.3 Å². The SMILES string of the molecule is O=C(O)CCCCCCCCCCCCCCCC(=O)Nc1ccccc1OCCC(=O)O. The molecule has 0 aliphatic heterocycles. The monoisotopic (exact) mass is 463 g/mol. The lowest BCUT2D eigenvalue weighted by atomic mass is 10.0. The van der Waals surface area contributed by atoms with Gasteiger partial charge in [-0.25, -0.2) is 0 Å². The van der Waals surface area contributed by atoms with Crippen LogP contribution in [-0.4, -0.2) is 34.7 Å². The summed E-state index contributed by atoms with van der Waals surface area (Å²) in [5.74, 6) is -1.17. The molecule has 0 bridgehead atoms. The lowest BCUT2D eigenvalue weighted by Crippen LogP contribution is -2.13. The average molecular weight is 464 g/mol. The molecule has 0 saturated carbocycles. The minimum absolute atomic E-state index is 0.0488. The number of hydrogen-bond donors (Lipinski definition) is 3. The molecule has 1 amide bonds. The molecule has 7 heteroatoms. The van der Waals surface area contributed by atoms with Gasteiger partial charge in [0, 0.05) is 12.8 Å². The third-order valence-corrected chi connectivity index (χ3v) is 5.53. The molecule has 0 unspecified atom stereocenters. The zero-order valence-electron chi connectivity index (χ0n) is 19.9. The number of rotatable bonds is 21. The van der Waals surface area contributed by atoms with Crippen molar-refractivity contribution in [2.24, 2.45) is 0 Å². The van der Waals surface area contributed by atoms with Crippen LogP contribution >= 0.6 is 0 Å². The Labute approximate surface area is 197 Å². The van der Waals surface area contributed by atoms with Crippen LogP contribution in [0.3, 0.4) is 0 Å². The predicted octanol–water partition coefficient (Wildman–Crippen LogP) is 6.41. The van der Waals surface area contributed by atoms with E-state index in [1.165, 1.54) is 44.9 Å². The van der Waals surface area contributed by atoms with Gasteiger partial charge < -0.3 is 20.3 Å². The summed E-state index contributed by atoms with van der Waals surface area (Å²) in [7, 11) is 0. The fourth-order valence-corrected chi connectivity index (χ4v) is 3.66. The molecule has 1 aromatic rings. The number of carboxylic acids is 2.